The van der Waals surface area contributed by atoms with Gasteiger partial charge in [-0.1, -0.05) is 18.2 Å². The lowest BCUT2D eigenvalue weighted by molar-refractivity contribution is -0.119. The van der Waals surface area contributed by atoms with Gasteiger partial charge in [0.05, 0.1) is 16.6 Å². The number of nitrogens with one attached hydrogen (secondary N) is 3. The van der Waals surface area contributed by atoms with E-state index in [-0.39, 0.29) is 0 Å². The predicted molar refractivity (Wildman–Crippen MR) is 118 cm³/mol. The average Bonchev–Trinajstić information content (AvgIpc) is 3.20. The number of aromatic amines is 2. The number of hydrogen-bond donors (Lipinski definition) is 3. The fraction of sp³-hybridized carbons (Fsp3) is 0.190. The first kappa shape index (κ1) is 19.1. The summed E-state index contributed by atoms with van der Waals surface area (Å²) in [5, 5.41) is 4.14. The molecule has 4 rings (SSSR count). The van der Waals surface area contributed by atoms with Gasteiger partial charge in [-0.2, -0.15) is 11.8 Å². The fourth-order valence-electron chi connectivity index (χ4n) is 3.48. The number of carbonyl (C=O) groups is 1. The molecule has 0 unspecified atom stereocenters. The van der Waals surface area contributed by atoms with Crippen molar-refractivity contribution in [3.05, 3.63) is 75.6 Å². The number of benzene rings is 2. The Morgan fingerprint density at radius 2 is 1.86 bits per heavy atom. The van der Waals surface area contributed by atoms with Crippen LogP contribution in [0.5, 0.6) is 0 Å². The Bertz CT molecular complexity index is 1300. The maximum Gasteiger partial charge on any atom is 0.329 e. The van der Waals surface area contributed by atoms with Gasteiger partial charge in [0.15, 0.2) is 0 Å². The fourth-order valence-corrected chi connectivity index (χ4v) is 3.94. The van der Waals surface area contributed by atoms with Gasteiger partial charge in [0.1, 0.15) is 6.04 Å². The first-order valence-electron chi connectivity index (χ1n) is 9.19. The van der Waals surface area contributed by atoms with Gasteiger partial charge in [0.25, 0.3) is 5.56 Å². The first-order chi connectivity index (χ1) is 14.1. The van der Waals surface area contributed by atoms with Crippen LogP contribution >= 0.6 is 11.8 Å². The van der Waals surface area contributed by atoms with Crippen LogP contribution < -0.4 is 16.6 Å². The summed E-state index contributed by atoms with van der Waals surface area (Å²) >= 11 is 1.55. The highest BCUT2D eigenvalue weighted by atomic mass is 32.2. The van der Waals surface area contributed by atoms with Gasteiger partial charge in [-0.25, -0.2) is 9.36 Å². The molecule has 0 radical (unpaired) electrons. The third kappa shape index (κ3) is 3.58. The zero-order valence-electron chi connectivity index (χ0n) is 15.8. The molecule has 29 heavy (non-hydrogen) atoms. The van der Waals surface area contributed by atoms with E-state index in [1.165, 1.54) is 0 Å². The van der Waals surface area contributed by atoms with Crippen molar-refractivity contribution in [1.82, 2.24) is 14.5 Å². The Kier molecular flexibility index (Phi) is 5.26. The summed E-state index contributed by atoms with van der Waals surface area (Å²) in [6, 6.07) is 13.3. The zero-order chi connectivity index (χ0) is 20.4. The Balaban J connectivity index is 1.78. The molecule has 0 aliphatic rings. The highest BCUT2D eigenvalue weighted by molar-refractivity contribution is 7.98. The number of carbonyl (C=O) groups excluding carboxylic acids is 1. The van der Waals surface area contributed by atoms with Crippen LogP contribution in [0.1, 0.15) is 12.5 Å². The molecule has 0 saturated heterocycles. The number of nitrogens with zero attached hydrogens (tertiary/aromatic N) is 1. The quantitative estimate of drug-likeness (QED) is 0.456. The third-order valence-corrected chi connectivity index (χ3v) is 5.54. The minimum absolute atomic E-state index is 0.359. The van der Waals surface area contributed by atoms with Crippen LogP contribution in [0.4, 0.5) is 5.69 Å². The van der Waals surface area contributed by atoms with Crippen LogP contribution in [0, 0.1) is 0 Å². The SMILES string of the molecule is CSCC[C@@H](C(=O)Nc1cccc2[nH]ccc12)n1c(=O)[nH]c2ccccc2c1=O. The van der Waals surface area contributed by atoms with Crippen molar-refractivity contribution in [2.75, 3.05) is 17.3 Å². The van der Waals surface area contributed by atoms with Gasteiger partial charge in [0.2, 0.25) is 5.91 Å². The number of para-hydroxylation sites is 1. The van der Waals surface area contributed by atoms with Crippen LogP contribution in [0.2, 0.25) is 0 Å². The van der Waals surface area contributed by atoms with Crippen molar-refractivity contribution in [1.29, 1.82) is 0 Å². The molecule has 1 amide bonds. The van der Waals surface area contributed by atoms with E-state index >= 15 is 0 Å². The molecule has 3 N–H and O–H groups in total. The van der Waals surface area contributed by atoms with Crippen LogP contribution in [0.3, 0.4) is 0 Å². The van der Waals surface area contributed by atoms with Crippen molar-refractivity contribution >= 4 is 45.2 Å². The van der Waals surface area contributed by atoms with E-state index < -0.39 is 23.2 Å². The van der Waals surface area contributed by atoms with Gasteiger partial charge < -0.3 is 15.3 Å². The molecule has 2 aromatic heterocycles. The smallest absolute Gasteiger partial charge is 0.329 e. The normalized spacial score (nSPS) is 12.3. The molecular formula is C21H20N4O3S. The highest BCUT2D eigenvalue weighted by Gasteiger charge is 2.25. The van der Waals surface area contributed by atoms with Crippen molar-refractivity contribution in [2.45, 2.75) is 12.5 Å². The second kappa shape index (κ2) is 8.00. The monoisotopic (exact) mass is 408 g/mol. The Morgan fingerprint density at radius 1 is 1.07 bits per heavy atom. The number of aromatic nitrogens is 3. The van der Waals surface area contributed by atoms with E-state index in [2.05, 4.69) is 15.3 Å². The van der Waals surface area contributed by atoms with Crippen LogP contribution in [-0.4, -0.2) is 32.5 Å². The molecule has 2 aromatic carbocycles. The lowest BCUT2D eigenvalue weighted by Gasteiger charge is -2.19. The minimum Gasteiger partial charge on any atom is -0.361 e. The molecule has 0 spiro atoms. The van der Waals surface area contributed by atoms with E-state index in [0.717, 1.165) is 15.5 Å². The maximum atomic E-state index is 13.2. The standard InChI is InChI=1S/C21H20N4O3S/c1-29-12-10-18(19(26)23-16-8-4-7-15-13(16)9-11-22-15)25-20(27)14-5-2-3-6-17(14)24-21(25)28/h2-9,11,18,22H,10,12H2,1H3,(H,23,26)(H,24,28)/t18-/m0/s1. The molecule has 8 heteroatoms. The van der Waals surface area contributed by atoms with E-state index in [1.54, 1.807) is 48.3 Å². The van der Waals surface area contributed by atoms with E-state index in [0.29, 0.717) is 28.8 Å². The van der Waals surface area contributed by atoms with Gasteiger partial charge in [-0.15, -0.1) is 0 Å². The van der Waals surface area contributed by atoms with Crippen LogP contribution in [0.25, 0.3) is 21.8 Å². The molecule has 0 bridgehead atoms. The van der Waals surface area contributed by atoms with Crippen molar-refractivity contribution < 1.29 is 4.79 Å². The van der Waals surface area contributed by atoms with Crippen LogP contribution in [-0.2, 0) is 4.79 Å². The average molecular weight is 408 g/mol. The molecule has 2 heterocycles. The molecule has 7 nitrogen and oxygen atoms in total. The summed E-state index contributed by atoms with van der Waals surface area (Å²) in [6.07, 6.45) is 4.07. The molecule has 0 aliphatic carbocycles. The lowest BCUT2D eigenvalue weighted by Crippen LogP contribution is -2.43. The van der Waals surface area contributed by atoms with Gasteiger partial charge in [-0.05, 0) is 48.8 Å². The van der Waals surface area contributed by atoms with E-state index in [9.17, 15) is 14.4 Å². The summed E-state index contributed by atoms with van der Waals surface area (Å²) < 4.78 is 1.03. The van der Waals surface area contributed by atoms with E-state index in [4.69, 9.17) is 0 Å². The van der Waals surface area contributed by atoms with Crippen LogP contribution in [0.15, 0.2) is 64.3 Å². The van der Waals surface area contributed by atoms with Crippen molar-refractivity contribution in [3.63, 3.8) is 0 Å². The summed E-state index contributed by atoms with van der Waals surface area (Å²) in [6.45, 7) is 0. The highest BCUT2D eigenvalue weighted by Crippen LogP contribution is 2.24. The Morgan fingerprint density at radius 3 is 2.69 bits per heavy atom. The third-order valence-electron chi connectivity index (χ3n) is 4.90. The number of amides is 1. The number of thioether (sulfide) groups is 1. The summed E-state index contributed by atoms with van der Waals surface area (Å²) in [5.41, 5.74) is 0.928. The Hall–Kier alpha value is -3.26. The minimum atomic E-state index is -0.919. The Labute approximate surface area is 170 Å². The topological polar surface area (TPSA) is 99.8 Å². The number of H-pyrrole nitrogens is 2. The molecule has 4 aromatic rings. The summed E-state index contributed by atoms with van der Waals surface area (Å²) in [5.74, 6) is 0.237. The summed E-state index contributed by atoms with van der Waals surface area (Å²) in [4.78, 5) is 44.7. The summed E-state index contributed by atoms with van der Waals surface area (Å²) in [7, 11) is 0. The van der Waals surface area contributed by atoms with Crippen molar-refractivity contribution in [2.24, 2.45) is 0 Å². The number of hydrogen-bond acceptors (Lipinski definition) is 4. The predicted octanol–water partition coefficient (Wildman–Crippen LogP) is 3.10. The molecule has 148 valence electrons. The molecule has 0 aliphatic heterocycles. The largest absolute Gasteiger partial charge is 0.361 e. The van der Waals surface area contributed by atoms with E-state index in [1.807, 2.05) is 24.5 Å². The number of fused-ring (bicyclic) bond motifs is 2. The van der Waals surface area contributed by atoms with Gasteiger partial charge in [-0.3, -0.25) is 9.59 Å². The molecule has 0 fully saturated rings. The maximum absolute atomic E-state index is 13.2. The number of anilines is 1. The molecule has 1 atom stereocenters. The van der Waals surface area contributed by atoms with Gasteiger partial charge >= 0.3 is 5.69 Å². The first-order valence-corrected chi connectivity index (χ1v) is 10.6. The molecule has 0 saturated carbocycles. The van der Waals surface area contributed by atoms with Gasteiger partial charge in [0, 0.05) is 17.1 Å². The zero-order valence-corrected chi connectivity index (χ0v) is 16.6. The second-order valence-electron chi connectivity index (χ2n) is 6.68. The second-order valence-corrected chi connectivity index (χ2v) is 7.67. The van der Waals surface area contributed by atoms with Crippen molar-refractivity contribution in [3.8, 4) is 0 Å². The molecular weight excluding hydrogens is 388 g/mol. The number of rotatable bonds is 6. The lowest BCUT2D eigenvalue weighted by atomic mass is 10.1.